The first-order valence-electron chi connectivity index (χ1n) is 7.25. The number of carbonyl (C=O) groups is 1. The molecule has 0 aromatic carbocycles. The Morgan fingerprint density at radius 3 is 2.53 bits per heavy atom. The lowest BCUT2D eigenvalue weighted by atomic mass is 9.96. The fourth-order valence-corrected chi connectivity index (χ4v) is 3.31. The van der Waals surface area contributed by atoms with Gasteiger partial charge in [0.15, 0.2) is 8.32 Å². The molecule has 2 aliphatic rings. The van der Waals surface area contributed by atoms with E-state index in [4.69, 9.17) is 9.16 Å². The molecule has 2 fully saturated rings. The Morgan fingerprint density at radius 1 is 1.47 bits per heavy atom. The van der Waals surface area contributed by atoms with Crippen molar-refractivity contribution >= 4 is 14.2 Å². The molecule has 3 atom stereocenters. The van der Waals surface area contributed by atoms with Crippen LogP contribution in [0.1, 0.15) is 33.6 Å². The van der Waals surface area contributed by atoms with E-state index in [9.17, 15) is 4.79 Å². The fraction of sp³-hybridized carbons (Fsp3) is 0.929. The van der Waals surface area contributed by atoms with Gasteiger partial charge in [-0.2, -0.15) is 0 Å². The molecule has 2 rings (SSSR count). The van der Waals surface area contributed by atoms with Crippen LogP contribution in [0, 0.1) is 5.92 Å². The first kappa shape index (κ1) is 15.0. The molecule has 1 amide bonds. The zero-order valence-corrected chi connectivity index (χ0v) is 13.8. The average Bonchev–Trinajstić information content (AvgIpc) is 3.00. The minimum Gasteiger partial charge on any atom is -0.416 e. The van der Waals surface area contributed by atoms with E-state index < -0.39 is 8.32 Å². The predicted octanol–water partition coefficient (Wildman–Crippen LogP) is 2.30. The van der Waals surface area contributed by atoms with Gasteiger partial charge in [-0.3, -0.25) is 4.79 Å². The minimum atomic E-state index is -1.72. The number of hydrogen-bond acceptors (Lipinski definition) is 3. The van der Waals surface area contributed by atoms with Gasteiger partial charge in [-0.05, 0) is 24.6 Å². The second kappa shape index (κ2) is 5.18. The Kier molecular flexibility index (Phi) is 4.09. The molecule has 1 N–H and O–H groups in total. The van der Waals surface area contributed by atoms with E-state index in [0.717, 1.165) is 13.0 Å². The molecular weight excluding hydrogens is 258 g/mol. The van der Waals surface area contributed by atoms with Crippen LogP contribution < -0.4 is 5.32 Å². The van der Waals surface area contributed by atoms with E-state index in [1.807, 2.05) is 0 Å². The standard InChI is InChI=1S/C14H27NO3Si/c1-14(2,3)19(4,5)18-8-10(12-9-17-12)11-6-7-13(16)15-11/h10-12H,6-9H2,1-5H3,(H,15,16)/t10?,11-,12+/m1/s1. The van der Waals surface area contributed by atoms with E-state index in [1.165, 1.54) is 0 Å². The van der Waals surface area contributed by atoms with Gasteiger partial charge in [0.1, 0.15) is 0 Å². The quantitative estimate of drug-likeness (QED) is 0.623. The van der Waals surface area contributed by atoms with Gasteiger partial charge in [-0.1, -0.05) is 20.8 Å². The molecule has 1 unspecified atom stereocenters. The van der Waals surface area contributed by atoms with Crippen LogP contribution in [0.2, 0.25) is 18.1 Å². The van der Waals surface area contributed by atoms with E-state index in [2.05, 4.69) is 39.2 Å². The monoisotopic (exact) mass is 285 g/mol. The van der Waals surface area contributed by atoms with Gasteiger partial charge in [-0.15, -0.1) is 0 Å². The van der Waals surface area contributed by atoms with Crippen LogP contribution in [0.25, 0.3) is 0 Å². The summed E-state index contributed by atoms with van der Waals surface area (Å²) >= 11 is 0. The maximum atomic E-state index is 11.4. The van der Waals surface area contributed by atoms with E-state index in [1.54, 1.807) is 0 Å². The van der Waals surface area contributed by atoms with Gasteiger partial charge in [0.2, 0.25) is 5.91 Å². The normalized spacial score (nSPS) is 29.2. The lowest BCUT2D eigenvalue weighted by Gasteiger charge is -2.37. The molecule has 0 saturated carbocycles. The number of amides is 1. The Morgan fingerprint density at radius 2 is 2.11 bits per heavy atom. The molecule has 2 saturated heterocycles. The highest BCUT2D eigenvalue weighted by Crippen LogP contribution is 2.38. The van der Waals surface area contributed by atoms with Gasteiger partial charge in [-0.25, -0.2) is 0 Å². The molecule has 19 heavy (non-hydrogen) atoms. The van der Waals surface area contributed by atoms with Gasteiger partial charge < -0.3 is 14.5 Å². The van der Waals surface area contributed by atoms with Crippen LogP contribution in [-0.2, 0) is 14.0 Å². The molecule has 4 nitrogen and oxygen atoms in total. The molecule has 5 heteroatoms. The van der Waals surface area contributed by atoms with E-state index in [0.29, 0.717) is 18.9 Å². The van der Waals surface area contributed by atoms with Crippen molar-refractivity contribution in [1.82, 2.24) is 5.32 Å². The Labute approximate surface area is 117 Å². The zero-order valence-electron chi connectivity index (χ0n) is 12.8. The molecule has 0 radical (unpaired) electrons. The lowest BCUT2D eigenvalue weighted by Crippen LogP contribution is -2.45. The predicted molar refractivity (Wildman–Crippen MR) is 77.5 cm³/mol. The Bertz CT molecular complexity index is 347. The van der Waals surface area contributed by atoms with Crippen molar-refractivity contribution in [3.63, 3.8) is 0 Å². The van der Waals surface area contributed by atoms with Crippen LogP contribution in [-0.4, -0.2) is 39.6 Å². The van der Waals surface area contributed by atoms with Crippen LogP contribution in [0.15, 0.2) is 0 Å². The zero-order chi connectivity index (χ0) is 14.3. The molecule has 0 bridgehead atoms. The van der Waals surface area contributed by atoms with Crippen molar-refractivity contribution in [3.8, 4) is 0 Å². The fourth-order valence-electron chi connectivity index (χ4n) is 2.27. The number of ether oxygens (including phenoxy) is 1. The summed E-state index contributed by atoms with van der Waals surface area (Å²) in [6.45, 7) is 12.8. The second-order valence-electron chi connectivity index (χ2n) is 7.32. The highest BCUT2D eigenvalue weighted by atomic mass is 28.4. The van der Waals surface area contributed by atoms with Crippen molar-refractivity contribution in [3.05, 3.63) is 0 Å². The van der Waals surface area contributed by atoms with Crippen molar-refractivity contribution in [2.45, 2.75) is 63.9 Å². The van der Waals surface area contributed by atoms with Gasteiger partial charge in [0.25, 0.3) is 0 Å². The Hall–Kier alpha value is -0.393. The van der Waals surface area contributed by atoms with Crippen LogP contribution >= 0.6 is 0 Å². The maximum Gasteiger partial charge on any atom is 0.220 e. The average molecular weight is 285 g/mol. The van der Waals surface area contributed by atoms with Crippen LogP contribution in [0.4, 0.5) is 0 Å². The molecule has 2 heterocycles. The second-order valence-corrected chi connectivity index (χ2v) is 12.1. The first-order chi connectivity index (χ1) is 8.71. The van der Waals surface area contributed by atoms with Crippen LogP contribution in [0.3, 0.4) is 0 Å². The highest BCUT2D eigenvalue weighted by Gasteiger charge is 2.44. The smallest absolute Gasteiger partial charge is 0.220 e. The number of hydrogen-bond donors (Lipinski definition) is 1. The Balaban J connectivity index is 1.93. The summed E-state index contributed by atoms with van der Waals surface area (Å²) in [6, 6.07) is 0.241. The van der Waals surface area contributed by atoms with Crippen molar-refractivity contribution in [2.24, 2.45) is 5.92 Å². The molecular formula is C14H27NO3Si. The molecule has 0 aromatic rings. The lowest BCUT2D eigenvalue weighted by molar-refractivity contribution is -0.119. The molecule has 110 valence electrons. The molecule has 0 aromatic heterocycles. The first-order valence-corrected chi connectivity index (χ1v) is 10.2. The van der Waals surface area contributed by atoms with Gasteiger partial charge >= 0.3 is 0 Å². The van der Waals surface area contributed by atoms with E-state index >= 15 is 0 Å². The van der Waals surface area contributed by atoms with Gasteiger partial charge in [0.05, 0.1) is 12.7 Å². The maximum absolute atomic E-state index is 11.4. The molecule has 0 aliphatic carbocycles. The number of epoxide rings is 1. The van der Waals surface area contributed by atoms with Crippen molar-refractivity contribution in [2.75, 3.05) is 13.2 Å². The third kappa shape index (κ3) is 3.58. The largest absolute Gasteiger partial charge is 0.416 e. The minimum absolute atomic E-state index is 0.169. The summed E-state index contributed by atoms with van der Waals surface area (Å²) in [5.41, 5.74) is 0. The highest BCUT2D eigenvalue weighted by molar-refractivity contribution is 6.74. The van der Waals surface area contributed by atoms with Gasteiger partial charge in [0, 0.05) is 25.0 Å². The summed E-state index contributed by atoms with van der Waals surface area (Å²) in [6.07, 6.45) is 1.85. The summed E-state index contributed by atoms with van der Waals surface area (Å²) in [5, 5.41) is 3.29. The van der Waals surface area contributed by atoms with Crippen molar-refractivity contribution < 1.29 is 14.0 Å². The summed E-state index contributed by atoms with van der Waals surface area (Å²) < 4.78 is 11.8. The SMILES string of the molecule is CC(C)(C)[Si](C)(C)OCC([C@@H]1CO1)[C@H]1CCC(=O)N1. The number of nitrogens with one attached hydrogen (secondary N) is 1. The summed E-state index contributed by atoms with van der Waals surface area (Å²) in [4.78, 5) is 11.4. The van der Waals surface area contributed by atoms with E-state index in [-0.39, 0.29) is 23.1 Å². The summed E-state index contributed by atoms with van der Waals surface area (Å²) in [5.74, 6) is 0.489. The number of carbonyl (C=O) groups excluding carboxylic acids is 1. The molecule has 0 spiro atoms. The third-order valence-electron chi connectivity index (χ3n) is 4.83. The number of rotatable bonds is 5. The molecule has 2 aliphatic heterocycles. The summed E-state index contributed by atoms with van der Waals surface area (Å²) in [7, 11) is -1.72. The van der Waals surface area contributed by atoms with Crippen molar-refractivity contribution in [1.29, 1.82) is 0 Å². The van der Waals surface area contributed by atoms with Crippen LogP contribution in [0.5, 0.6) is 0 Å². The third-order valence-corrected chi connectivity index (χ3v) is 9.33. The topological polar surface area (TPSA) is 50.9 Å².